The van der Waals surface area contributed by atoms with Gasteiger partial charge in [0, 0.05) is 23.9 Å². The summed E-state index contributed by atoms with van der Waals surface area (Å²) in [4.78, 5) is 23.6. The fraction of sp³-hybridized carbons (Fsp3) is 0.316. The topological polar surface area (TPSA) is 73.2 Å². The van der Waals surface area contributed by atoms with Crippen molar-refractivity contribution in [1.29, 1.82) is 0 Å². The van der Waals surface area contributed by atoms with Crippen molar-refractivity contribution in [3.05, 3.63) is 52.6 Å². The van der Waals surface area contributed by atoms with Gasteiger partial charge in [-0.3, -0.25) is 9.48 Å². The second-order valence-corrected chi connectivity index (χ2v) is 6.22. The summed E-state index contributed by atoms with van der Waals surface area (Å²) in [6.45, 7) is 4.09. The maximum atomic E-state index is 13.1. The number of aromatic nitrogens is 2. The van der Waals surface area contributed by atoms with Crippen LogP contribution in [-0.4, -0.2) is 28.3 Å². The van der Waals surface area contributed by atoms with Crippen molar-refractivity contribution in [2.45, 2.75) is 33.2 Å². The number of unbranched alkanes of at least 4 members (excludes halogenated alkanes) is 1. The van der Waals surface area contributed by atoms with Gasteiger partial charge in [-0.15, -0.1) is 0 Å². The fourth-order valence-electron chi connectivity index (χ4n) is 2.31. The summed E-state index contributed by atoms with van der Waals surface area (Å²) in [7, 11) is 0. The standard InChI is InChI=1S/C19H21ClFN3O3/c1-3-4-10-24-19(20)16(13(2)23-24)8-9-18(26)27-12-17(25)22-15-7-5-6-14(21)11-15/h5-9,11H,3-4,10,12H2,1-2H3,(H,22,25)/b9-8+. The molecule has 0 saturated heterocycles. The molecule has 6 nitrogen and oxygen atoms in total. The van der Waals surface area contributed by atoms with Gasteiger partial charge in [-0.1, -0.05) is 31.0 Å². The van der Waals surface area contributed by atoms with Gasteiger partial charge < -0.3 is 10.1 Å². The number of ether oxygens (including phenoxy) is 1. The number of halogens is 2. The lowest BCUT2D eigenvalue weighted by atomic mass is 10.2. The Hall–Kier alpha value is -2.67. The third kappa shape index (κ3) is 6.21. The van der Waals surface area contributed by atoms with E-state index in [1.54, 1.807) is 11.6 Å². The number of benzene rings is 1. The fourth-order valence-corrected chi connectivity index (χ4v) is 2.63. The highest BCUT2D eigenvalue weighted by Crippen LogP contribution is 2.21. The second kappa shape index (κ2) is 9.87. The predicted octanol–water partition coefficient (Wildman–Crippen LogP) is 3.98. The third-order valence-electron chi connectivity index (χ3n) is 3.67. The molecule has 0 atom stereocenters. The quantitative estimate of drug-likeness (QED) is 0.544. The highest BCUT2D eigenvalue weighted by molar-refractivity contribution is 6.31. The summed E-state index contributed by atoms with van der Waals surface area (Å²) in [5.41, 5.74) is 1.62. The van der Waals surface area contributed by atoms with Crippen molar-refractivity contribution in [2.75, 3.05) is 11.9 Å². The van der Waals surface area contributed by atoms with Gasteiger partial charge in [0.15, 0.2) is 6.61 Å². The van der Waals surface area contributed by atoms with E-state index in [2.05, 4.69) is 17.3 Å². The summed E-state index contributed by atoms with van der Waals surface area (Å²) in [6, 6.07) is 5.43. The minimum Gasteiger partial charge on any atom is -0.452 e. The molecule has 0 radical (unpaired) electrons. The number of hydrogen-bond donors (Lipinski definition) is 1. The Kier molecular flexibility index (Phi) is 7.55. The van der Waals surface area contributed by atoms with Crippen LogP contribution in [0.1, 0.15) is 31.0 Å². The largest absolute Gasteiger partial charge is 0.452 e. The van der Waals surface area contributed by atoms with Gasteiger partial charge in [-0.25, -0.2) is 9.18 Å². The number of aryl methyl sites for hydroxylation is 2. The van der Waals surface area contributed by atoms with E-state index >= 15 is 0 Å². The average molecular weight is 394 g/mol. The summed E-state index contributed by atoms with van der Waals surface area (Å²) >= 11 is 6.28. The van der Waals surface area contributed by atoms with E-state index in [0.717, 1.165) is 12.8 Å². The van der Waals surface area contributed by atoms with Gasteiger partial charge in [0.25, 0.3) is 5.91 Å². The third-order valence-corrected chi connectivity index (χ3v) is 4.07. The summed E-state index contributed by atoms with van der Waals surface area (Å²) in [5, 5.41) is 7.23. The molecule has 1 heterocycles. The van der Waals surface area contributed by atoms with Crippen LogP contribution in [0.15, 0.2) is 30.3 Å². The molecule has 1 aromatic carbocycles. The SMILES string of the molecule is CCCCn1nc(C)c(/C=C/C(=O)OCC(=O)Nc2cccc(F)c2)c1Cl. The lowest BCUT2D eigenvalue weighted by Gasteiger charge is -2.05. The zero-order chi connectivity index (χ0) is 19.8. The van der Waals surface area contributed by atoms with Crippen molar-refractivity contribution >= 4 is 35.2 Å². The molecule has 0 aliphatic heterocycles. The minimum atomic E-state index is -0.693. The Balaban J connectivity index is 1.88. The number of amides is 1. The lowest BCUT2D eigenvalue weighted by Crippen LogP contribution is -2.20. The van der Waals surface area contributed by atoms with Crippen LogP contribution in [-0.2, 0) is 20.9 Å². The Labute approximate surface area is 162 Å². The number of hydrogen-bond acceptors (Lipinski definition) is 4. The molecular weight excluding hydrogens is 373 g/mol. The zero-order valence-corrected chi connectivity index (χ0v) is 15.9. The monoisotopic (exact) mass is 393 g/mol. The number of anilines is 1. The second-order valence-electron chi connectivity index (χ2n) is 5.87. The first-order valence-corrected chi connectivity index (χ1v) is 8.91. The van der Waals surface area contributed by atoms with Crippen LogP contribution >= 0.6 is 11.6 Å². The van der Waals surface area contributed by atoms with Crippen molar-refractivity contribution < 1.29 is 18.7 Å². The number of nitrogens with one attached hydrogen (secondary N) is 1. The molecule has 0 fully saturated rings. The van der Waals surface area contributed by atoms with Crippen molar-refractivity contribution in [3.63, 3.8) is 0 Å². The number of carbonyl (C=O) groups excluding carboxylic acids is 2. The number of nitrogens with zero attached hydrogens (tertiary/aromatic N) is 2. The first kappa shape index (κ1) is 20.6. The molecule has 0 aliphatic carbocycles. The lowest BCUT2D eigenvalue weighted by molar-refractivity contribution is -0.142. The Morgan fingerprint density at radius 1 is 1.41 bits per heavy atom. The van der Waals surface area contributed by atoms with Crippen LogP contribution in [0, 0.1) is 12.7 Å². The van der Waals surface area contributed by atoms with Gasteiger partial charge in [0.05, 0.1) is 5.69 Å². The molecule has 1 N–H and O–H groups in total. The number of rotatable bonds is 8. The first-order chi connectivity index (χ1) is 12.9. The normalized spacial score (nSPS) is 11.0. The number of carbonyl (C=O) groups is 2. The molecule has 0 spiro atoms. The van der Waals surface area contributed by atoms with Crippen LogP contribution in [0.5, 0.6) is 0 Å². The summed E-state index contributed by atoms with van der Waals surface area (Å²) in [6.07, 6.45) is 4.67. The van der Waals surface area contributed by atoms with Crippen LogP contribution in [0.3, 0.4) is 0 Å². The summed E-state index contributed by atoms with van der Waals surface area (Å²) in [5.74, 6) is -1.73. The molecule has 0 bridgehead atoms. The van der Waals surface area contributed by atoms with Crippen molar-refractivity contribution in [2.24, 2.45) is 0 Å². The average Bonchev–Trinajstić information content (AvgIpc) is 2.89. The molecule has 8 heteroatoms. The molecule has 0 saturated carbocycles. The van der Waals surface area contributed by atoms with E-state index in [4.69, 9.17) is 16.3 Å². The van der Waals surface area contributed by atoms with Crippen molar-refractivity contribution in [3.8, 4) is 0 Å². The Morgan fingerprint density at radius 2 is 2.19 bits per heavy atom. The predicted molar refractivity (Wildman–Crippen MR) is 102 cm³/mol. The Morgan fingerprint density at radius 3 is 2.89 bits per heavy atom. The van der Waals surface area contributed by atoms with E-state index in [-0.39, 0.29) is 5.69 Å². The molecule has 1 amide bonds. The van der Waals surface area contributed by atoms with E-state index in [0.29, 0.717) is 23.0 Å². The molecule has 0 aliphatic rings. The molecule has 2 rings (SSSR count). The van der Waals surface area contributed by atoms with E-state index < -0.39 is 24.3 Å². The molecular formula is C19H21ClFN3O3. The Bertz CT molecular complexity index is 849. The molecule has 2 aromatic rings. The summed E-state index contributed by atoms with van der Waals surface area (Å²) < 4.78 is 19.6. The van der Waals surface area contributed by atoms with Gasteiger partial charge in [0.2, 0.25) is 0 Å². The van der Waals surface area contributed by atoms with Crippen LogP contribution in [0.25, 0.3) is 6.08 Å². The van der Waals surface area contributed by atoms with Crippen LogP contribution in [0.2, 0.25) is 5.15 Å². The maximum absolute atomic E-state index is 13.1. The van der Waals surface area contributed by atoms with E-state index in [1.165, 1.54) is 36.4 Å². The molecule has 1 aromatic heterocycles. The van der Waals surface area contributed by atoms with Crippen LogP contribution in [0.4, 0.5) is 10.1 Å². The minimum absolute atomic E-state index is 0.286. The van der Waals surface area contributed by atoms with Gasteiger partial charge >= 0.3 is 5.97 Å². The first-order valence-electron chi connectivity index (χ1n) is 8.54. The van der Waals surface area contributed by atoms with Gasteiger partial charge in [-0.2, -0.15) is 5.10 Å². The number of esters is 1. The van der Waals surface area contributed by atoms with Crippen molar-refractivity contribution in [1.82, 2.24) is 9.78 Å². The maximum Gasteiger partial charge on any atom is 0.331 e. The molecule has 0 unspecified atom stereocenters. The highest BCUT2D eigenvalue weighted by atomic mass is 35.5. The van der Waals surface area contributed by atoms with Crippen LogP contribution < -0.4 is 5.32 Å². The molecule has 27 heavy (non-hydrogen) atoms. The highest BCUT2D eigenvalue weighted by Gasteiger charge is 2.12. The zero-order valence-electron chi connectivity index (χ0n) is 15.2. The van der Waals surface area contributed by atoms with E-state index in [1.807, 2.05) is 0 Å². The van der Waals surface area contributed by atoms with Gasteiger partial charge in [-0.05, 0) is 37.6 Å². The smallest absolute Gasteiger partial charge is 0.331 e. The van der Waals surface area contributed by atoms with E-state index in [9.17, 15) is 14.0 Å². The van der Waals surface area contributed by atoms with Gasteiger partial charge in [0.1, 0.15) is 11.0 Å². The molecule has 144 valence electrons.